The molecule has 8 nitrogen and oxygen atoms in total. The first-order valence-corrected chi connectivity index (χ1v) is 10.5. The average Bonchev–Trinajstić information content (AvgIpc) is 2.67. The third kappa shape index (κ3) is 5.68. The van der Waals surface area contributed by atoms with Gasteiger partial charge in [-0.1, -0.05) is 6.07 Å². The van der Waals surface area contributed by atoms with E-state index in [1.165, 1.54) is 38.5 Å². The first-order chi connectivity index (χ1) is 13.3. The van der Waals surface area contributed by atoms with Crippen molar-refractivity contribution in [1.82, 2.24) is 10.0 Å². The number of hydrogen-bond acceptors (Lipinski definition) is 6. The summed E-state index contributed by atoms with van der Waals surface area (Å²) in [6.45, 7) is 0.531. The Labute approximate surface area is 172 Å². The summed E-state index contributed by atoms with van der Waals surface area (Å²) in [6, 6.07) is 8.92. The Hall–Kier alpha value is -2.14. The third-order valence-corrected chi connectivity index (χ3v) is 5.94. The van der Waals surface area contributed by atoms with Crippen molar-refractivity contribution in [3.05, 3.63) is 52.0 Å². The second-order valence-corrected chi connectivity index (χ2v) is 8.34. The zero-order valence-electron chi connectivity index (χ0n) is 15.4. The van der Waals surface area contributed by atoms with Gasteiger partial charge in [-0.3, -0.25) is 4.79 Å². The van der Waals surface area contributed by atoms with Gasteiger partial charge in [0.25, 0.3) is 5.91 Å². The highest BCUT2D eigenvalue weighted by molar-refractivity contribution is 9.10. The highest BCUT2D eigenvalue weighted by atomic mass is 79.9. The predicted molar refractivity (Wildman–Crippen MR) is 107 cm³/mol. The lowest BCUT2D eigenvalue weighted by Crippen LogP contribution is -2.28. The first-order valence-electron chi connectivity index (χ1n) is 8.20. The number of phenolic OH excluding ortho intramolecular Hbond substituents is 1. The number of carbonyl (C=O) groups excluding carboxylic acids is 1. The Morgan fingerprint density at radius 2 is 1.93 bits per heavy atom. The van der Waals surface area contributed by atoms with E-state index in [4.69, 9.17) is 9.47 Å². The topological polar surface area (TPSA) is 114 Å². The number of ether oxygens (including phenoxy) is 2. The van der Waals surface area contributed by atoms with Gasteiger partial charge >= 0.3 is 0 Å². The minimum atomic E-state index is -3.76. The lowest BCUT2D eigenvalue weighted by Gasteiger charge is -2.11. The van der Waals surface area contributed by atoms with E-state index in [9.17, 15) is 18.3 Å². The summed E-state index contributed by atoms with van der Waals surface area (Å²) in [5, 5.41) is 12.3. The predicted octanol–water partition coefficient (Wildman–Crippen LogP) is 2.02. The molecule has 0 saturated heterocycles. The normalized spacial score (nSPS) is 11.2. The van der Waals surface area contributed by atoms with Crippen LogP contribution in [0.25, 0.3) is 0 Å². The van der Waals surface area contributed by atoms with Crippen LogP contribution in [0.5, 0.6) is 11.5 Å². The number of halogens is 1. The van der Waals surface area contributed by atoms with E-state index in [0.29, 0.717) is 15.8 Å². The molecule has 10 heteroatoms. The van der Waals surface area contributed by atoms with Crippen molar-refractivity contribution in [2.24, 2.45) is 0 Å². The number of methoxy groups -OCH3 is 2. The van der Waals surface area contributed by atoms with Crippen molar-refractivity contribution in [1.29, 1.82) is 0 Å². The highest BCUT2D eigenvalue weighted by Crippen LogP contribution is 2.26. The van der Waals surface area contributed by atoms with Gasteiger partial charge in [0, 0.05) is 24.7 Å². The maximum Gasteiger partial charge on any atom is 0.252 e. The summed E-state index contributed by atoms with van der Waals surface area (Å²) in [7, 11) is -0.857. The Kier molecular flexibility index (Phi) is 7.81. The molecule has 0 radical (unpaired) electrons. The lowest BCUT2D eigenvalue weighted by atomic mass is 10.1. The molecule has 0 unspecified atom stereocenters. The first kappa shape index (κ1) is 22.2. The molecule has 0 spiro atoms. The summed E-state index contributed by atoms with van der Waals surface area (Å²) < 4.78 is 37.4. The molecule has 0 atom stereocenters. The Balaban J connectivity index is 2.14. The van der Waals surface area contributed by atoms with Gasteiger partial charge in [0.1, 0.15) is 0 Å². The van der Waals surface area contributed by atoms with E-state index < -0.39 is 15.9 Å². The van der Waals surface area contributed by atoms with Gasteiger partial charge in [0.05, 0.1) is 24.2 Å². The molecular formula is C18H21BrN2O6S. The molecule has 0 aliphatic carbocycles. The summed E-state index contributed by atoms with van der Waals surface area (Å²) in [5.74, 6) is -0.157. The van der Waals surface area contributed by atoms with E-state index in [1.54, 1.807) is 12.1 Å². The second-order valence-electron chi connectivity index (χ2n) is 5.72. The number of aromatic hydroxyl groups is 1. The lowest BCUT2D eigenvalue weighted by molar-refractivity contribution is 0.0950. The number of sulfonamides is 1. The molecule has 152 valence electrons. The summed E-state index contributed by atoms with van der Waals surface area (Å²) in [6.07, 6.45) is 0. The molecule has 0 bridgehead atoms. The fraction of sp³-hybridized carbons (Fsp3) is 0.278. The molecular weight excluding hydrogens is 452 g/mol. The van der Waals surface area contributed by atoms with Crippen molar-refractivity contribution < 1.29 is 27.8 Å². The molecule has 0 fully saturated rings. The van der Waals surface area contributed by atoms with Crippen molar-refractivity contribution in [3.8, 4) is 11.5 Å². The summed E-state index contributed by atoms with van der Waals surface area (Å²) in [5.41, 5.74) is 0.893. The molecule has 0 heterocycles. The van der Waals surface area contributed by atoms with Crippen LogP contribution in [0.3, 0.4) is 0 Å². The molecule has 2 aromatic carbocycles. The number of phenols is 1. The van der Waals surface area contributed by atoms with Gasteiger partial charge < -0.3 is 19.9 Å². The van der Waals surface area contributed by atoms with Crippen LogP contribution in [-0.4, -0.2) is 46.8 Å². The zero-order chi connectivity index (χ0) is 20.7. The van der Waals surface area contributed by atoms with E-state index in [2.05, 4.69) is 26.0 Å². The monoisotopic (exact) mass is 472 g/mol. The Morgan fingerprint density at radius 3 is 2.61 bits per heavy atom. The molecule has 1 amide bonds. The average molecular weight is 473 g/mol. The maximum absolute atomic E-state index is 12.5. The van der Waals surface area contributed by atoms with Crippen LogP contribution >= 0.6 is 15.9 Å². The number of rotatable bonds is 9. The maximum atomic E-state index is 12.5. The number of nitrogens with one attached hydrogen (secondary N) is 2. The molecule has 3 N–H and O–H groups in total. The minimum absolute atomic E-state index is 0.000739. The van der Waals surface area contributed by atoms with Crippen molar-refractivity contribution >= 4 is 31.9 Å². The molecule has 0 aliphatic heterocycles. The quantitative estimate of drug-likeness (QED) is 0.481. The summed E-state index contributed by atoms with van der Waals surface area (Å²) >= 11 is 3.27. The molecule has 2 aromatic rings. The largest absolute Gasteiger partial charge is 0.504 e. The fourth-order valence-electron chi connectivity index (χ4n) is 2.32. The van der Waals surface area contributed by atoms with E-state index in [-0.39, 0.29) is 35.9 Å². The van der Waals surface area contributed by atoms with Gasteiger partial charge in [0.2, 0.25) is 10.0 Å². The molecule has 2 rings (SSSR count). The van der Waals surface area contributed by atoms with Gasteiger partial charge in [-0.2, -0.15) is 0 Å². The van der Waals surface area contributed by atoms with Crippen LogP contribution in [0.4, 0.5) is 0 Å². The second kappa shape index (κ2) is 9.87. The molecule has 28 heavy (non-hydrogen) atoms. The standard InChI is InChI=1S/C18H21BrN2O6S/c1-26-8-7-21-28(24,25)13-4-5-15(19)14(10-13)18(23)20-11-12-3-6-16(22)17(9-12)27-2/h3-6,9-10,21-22H,7-8,11H2,1-2H3,(H,20,23). The van der Waals surface area contributed by atoms with Gasteiger partial charge in [-0.05, 0) is 51.8 Å². The van der Waals surface area contributed by atoms with E-state index >= 15 is 0 Å². The zero-order valence-corrected chi connectivity index (χ0v) is 17.8. The van der Waals surface area contributed by atoms with E-state index in [0.717, 1.165) is 0 Å². The van der Waals surface area contributed by atoms with Crippen molar-refractivity contribution in [2.75, 3.05) is 27.4 Å². The third-order valence-electron chi connectivity index (χ3n) is 3.79. The van der Waals surface area contributed by atoms with Crippen LogP contribution in [0.1, 0.15) is 15.9 Å². The van der Waals surface area contributed by atoms with Crippen molar-refractivity contribution in [3.63, 3.8) is 0 Å². The van der Waals surface area contributed by atoms with Crippen LogP contribution in [-0.2, 0) is 21.3 Å². The smallest absolute Gasteiger partial charge is 0.252 e. The van der Waals surface area contributed by atoms with Gasteiger partial charge in [0.15, 0.2) is 11.5 Å². The van der Waals surface area contributed by atoms with Crippen LogP contribution in [0.15, 0.2) is 45.8 Å². The number of carbonyl (C=O) groups is 1. The van der Waals surface area contributed by atoms with Crippen LogP contribution in [0.2, 0.25) is 0 Å². The molecule has 0 aromatic heterocycles. The number of amides is 1. The highest BCUT2D eigenvalue weighted by Gasteiger charge is 2.18. The molecule has 0 saturated carbocycles. The number of benzene rings is 2. The fourth-order valence-corrected chi connectivity index (χ4v) is 3.78. The minimum Gasteiger partial charge on any atom is -0.504 e. The SMILES string of the molecule is COCCNS(=O)(=O)c1ccc(Br)c(C(=O)NCc2ccc(O)c(OC)c2)c1. The summed E-state index contributed by atoms with van der Waals surface area (Å²) in [4.78, 5) is 12.5. The Morgan fingerprint density at radius 1 is 1.18 bits per heavy atom. The van der Waals surface area contributed by atoms with Crippen LogP contribution in [0, 0.1) is 0 Å². The van der Waals surface area contributed by atoms with Gasteiger partial charge in [-0.15, -0.1) is 0 Å². The van der Waals surface area contributed by atoms with Crippen LogP contribution < -0.4 is 14.8 Å². The molecule has 0 aliphatic rings. The van der Waals surface area contributed by atoms with Gasteiger partial charge in [-0.25, -0.2) is 13.1 Å². The van der Waals surface area contributed by atoms with Crippen molar-refractivity contribution in [2.45, 2.75) is 11.4 Å². The van der Waals surface area contributed by atoms with E-state index in [1.807, 2.05) is 0 Å². The number of hydrogen-bond donors (Lipinski definition) is 3. The Bertz CT molecular complexity index is 949.